The third kappa shape index (κ3) is 4.53. The number of nitrogens with zero attached hydrogens (tertiary/aromatic N) is 3. The minimum absolute atomic E-state index is 0.0978. The Morgan fingerprint density at radius 3 is 2.48 bits per heavy atom. The fourth-order valence-corrected chi connectivity index (χ4v) is 4.28. The van der Waals surface area contributed by atoms with E-state index in [1.807, 2.05) is 34.1 Å². The van der Waals surface area contributed by atoms with Crippen molar-refractivity contribution in [2.45, 2.75) is 32.2 Å². The molecule has 3 rings (SSSR count). The molecule has 0 N–H and O–H groups in total. The Bertz CT molecular complexity index is 629. The van der Waals surface area contributed by atoms with Crippen LogP contribution in [0.1, 0.15) is 36.5 Å². The Morgan fingerprint density at radius 2 is 1.80 bits per heavy atom. The van der Waals surface area contributed by atoms with Crippen LogP contribution in [0.2, 0.25) is 0 Å². The van der Waals surface area contributed by atoms with E-state index in [1.165, 1.54) is 6.42 Å². The minimum Gasteiger partial charge on any atom is -0.339 e. The molecule has 1 aromatic carbocycles. The van der Waals surface area contributed by atoms with Gasteiger partial charge in [0.05, 0.1) is 12.1 Å². The highest BCUT2D eigenvalue weighted by Gasteiger charge is 2.28. The van der Waals surface area contributed by atoms with Crippen molar-refractivity contribution in [1.29, 1.82) is 0 Å². The van der Waals surface area contributed by atoms with Crippen LogP contribution in [0.15, 0.2) is 24.3 Å². The molecule has 2 saturated heterocycles. The number of amides is 2. The van der Waals surface area contributed by atoms with E-state index in [0.717, 1.165) is 41.6 Å². The molecule has 0 radical (unpaired) electrons. The highest BCUT2D eigenvalue weighted by Crippen LogP contribution is 2.18. The van der Waals surface area contributed by atoms with Crippen LogP contribution in [0.4, 0.5) is 0 Å². The van der Waals surface area contributed by atoms with E-state index in [2.05, 4.69) is 34.4 Å². The van der Waals surface area contributed by atoms with Gasteiger partial charge >= 0.3 is 0 Å². The van der Waals surface area contributed by atoms with Gasteiger partial charge in [-0.05, 0) is 60.9 Å². The molecule has 2 fully saturated rings. The number of carbonyl (C=O) groups excluding carboxylic acids is 2. The summed E-state index contributed by atoms with van der Waals surface area (Å²) in [6.45, 7) is 6.43. The summed E-state index contributed by atoms with van der Waals surface area (Å²) in [5.41, 5.74) is 0.773. The molecule has 0 saturated carbocycles. The summed E-state index contributed by atoms with van der Waals surface area (Å²) in [5, 5.41) is 0. The molecule has 2 amide bonds. The lowest BCUT2D eigenvalue weighted by atomic mass is 10.0. The van der Waals surface area contributed by atoms with Crippen molar-refractivity contribution in [3.05, 3.63) is 33.4 Å². The van der Waals surface area contributed by atoms with E-state index in [0.29, 0.717) is 25.7 Å². The molecule has 2 aliphatic heterocycles. The van der Waals surface area contributed by atoms with Gasteiger partial charge in [-0.1, -0.05) is 12.1 Å². The van der Waals surface area contributed by atoms with Gasteiger partial charge in [0.25, 0.3) is 5.91 Å². The first-order valence-corrected chi connectivity index (χ1v) is 10.2. The van der Waals surface area contributed by atoms with Gasteiger partial charge < -0.3 is 9.80 Å². The van der Waals surface area contributed by atoms with Crippen LogP contribution in [0, 0.1) is 3.57 Å². The largest absolute Gasteiger partial charge is 0.339 e. The zero-order chi connectivity index (χ0) is 17.8. The Labute approximate surface area is 163 Å². The first kappa shape index (κ1) is 18.6. The van der Waals surface area contributed by atoms with Gasteiger partial charge in [-0.2, -0.15) is 0 Å². The monoisotopic (exact) mass is 455 g/mol. The lowest BCUT2D eigenvalue weighted by molar-refractivity contribution is -0.136. The molecular weight excluding hydrogens is 429 g/mol. The van der Waals surface area contributed by atoms with Crippen molar-refractivity contribution in [3.63, 3.8) is 0 Å². The van der Waals surface area contributed by atoms with E-state index >= 15 is 0 Å². The molecule has 2 aliphatic rings. The molecule has 25 heavy (non-hydrogen) atoms. The maximum Gasteiger partial charge on any atom is 0.255 e. The maximum absolute atomic E-state index is 12.7. The predicted molar refractivity (Wildman–Crippen MR) is 107 cm³/mol. The van der Waals surface area contributed by atoms with Crippen LogP contribution >= 0.6 is 22.6 Å². The molecule has 2 heterocycles. The number of hydrogen-bond donors (Lipinski definition) is 0. The molecule has 136 valence electrons. The van der Waals surface area contributed by atoms with Gasteiger partial charge in [-0.25, -0.2) is 0 Å². The van der Waals surface area contributed by atoms with E-state index < -0.39 is 0 Å². The van der Waals surface area contributed by atoms with Crippen LogP contribution in [0.25, 0.3) is 0 Å². The summed E-state index contributed by atoms with van der Waals surface area (Å²) in [5.74, 6) is 0.338. The van der Waals surface area contributed by atoms with Gasteiger partial charge in [-0.3, -0.25) is 14.5 Å². The number of halogens is 1. The number of benzene rings is 1. The molecule has 1 atom stereocenters. The first-order chi connectivity index (χ1) is 12.1. The summed E-state index contributed by atoms with van der Waals surface area (Å²) in [7, 11) is 0. The predicted octanol–water partition coefficient (Wildman–Crippen LogP) is 2.45. The molecule has 0 aromatic heterocycles. The number of piperidine rings is 1. The molecule has 0 aliphatic carbocycles. The number of piperazine rings is 1. The summed E-state index contributed by atoms with van der Waals surface area (Å²) in [4.78, 5) is 31.4. The standard InChI is InChI=1S/C19H26IN3O2/c1-15-6-4-5-9-23(15)18(24)14-21-10-12-22(13-11-21)19(25)16-7-2-3-8-17(16)20/h2-3,7-8,15H,4-6,9-14H2,1H3/t15-/m0/s1. The number of carbonyl (C=O) groups is 2. The van der Waals surface area contributed by atoms with E-state index in [1.54, 1.807) is 0 Å². The van der Waals surface area contributed by atoms with Crippen molar-refractivity contribution >= 4 is 34.4 Å². The van der Waals surface area contributed by atoms with Crippen LogP contribution in [0.3, 0.4) is 0 Å². The molecule has 5 nitrogen and oxygen atoms in total. The lowest BCUT2D eigenvalue weighted by Crippen LogP contribution is -2.53. The van der Waals surface area contributed by atoms with Crippen molar-refractivity contribution in [3.8, 4) is 0 Å². The number of rotatable bonds is 3. The highest BCUT2D eigenvalue weighted by molar-refractivity contribution is 14.1. The molecule has 0 spiro atoms. The number of likely N-dealkylation sites (tertiary alicyclic amines) is 1. The molecule has 6 heteroatoms. The third-order valence-electron chi connectivity index (χ3n) is 5.25. The Morgan fingerprint density at radius 1 is 1.08 bits per heavy atom. The van der Waals surface area contributed by atoms with Gasteiger partial charge in [0.2, 0.25) is 5.91 Å². The van der Waals surface area contributed by atoms with E-state index in [9.17, 15) is 9.59 Å². The van der Waals surface area contributed by atoms with Gasteiger partial charge in [-0.15, -0.1) is 0 Å². The topological polar surface area (TPSA) is 43.9 Å². The first-order valence-electron chi connectivity index (χ1n) is 9.12. The fraction of sp³-hybridized carbons (Fsp3) is 0.579. The molecular formula is C19H26IN3O2. The van der Waals surface area contributed by atoms with Crippen molar-refractivity contribution in [2.75, 3.05) is 39.3 Å². The molecule has 0 unspecified atom stereocenters. The second-order valence-electron chi connectivity index (χ2n) is 6.98. The summed E-state index contributed by atoms with van der Waals surface area (Å²) >= 11 is 2.21. The van der Waals surface area contributed by atoms with Gasteiger partial charge in [0.1, 0.15) is 0 Å². The molecule has 1 aromatic rings. The minimum atomic E-state index is 0.0978. The van der Waals surface area contributed by atoms with Gasteiger partial charge in [0.15, 0.2) is 0 Å². The van der Waals surface area contributed by atoms with E-state index in [-0.39, 0.29) is 11.8 Å². The highest BCUT2D eigenvalue weighted by atomic mass is 127. The summed E-state index contributed by atoms with van der Waals surface area (Å²) in [6.07, 6.45) is 3.46. The Balaban J connectivity index is 1.51. The van der Waals surface area contributed by atoms with Gasteiger partial charge in [0, 0.05) is 42.3 Å². The zero-order valence-corrected chi connectivity index (χ0v) is 16.9. The fourth-order valence-electron chi connectivity index (χ4n) is 3.66. The van der Waals surface area contributed by atoms with Crippen LogP contribution in [-0.4, -0.2) is 71.8 Å². The Hall–Kier alpha value is -1.15. The zero-order valence-electron chi connectivity index (χ0n) is 14.8. The average molecular weight is 455 g/mol. The van der Waals surface area contributed by atoms with E-state index in [4.69, 9.17) is 0 Å². The summed E-state index contributed by atoms with van der Waals surface area (Å²) < 4.78 is 0.988. The van der Waals surface area contributed by atoms with Crippen molar-refractivity contribution < 1.29 is 9.59 Å². The second kappa shape index (κ2) is 8.49. The normalized spacial score (nSPS) is 22.1. The maximum atomic E-state index is 12.7. The summed E-state index contributed by atoms with van der Waals surface area (Å²) in [6, 6.07) is 8.07. The molecule has 0 bridgehead atoms. The SMILES string of the molecule is C[C@H]1CCCCN1C(=O)CN1CCN(C(=O)c2ccccc2I)CC1. The number of hydrogen-bond acceptors (Lipinski definition) is 3. The third-order valence-corrected chi connectivity index (χ3v) is 6.19. The van der Waals surface area contributed by atoms with Crippen LogP contribution in [-0.2, 0) is 4.79 Å². The average Bonchev–Trinajstić information content (AvgIpc) is 2.62. The van der Waals surface area contributed by atoms with Crippen molar-refractivity contribution in [2.24, 2.45) is 0 Å². The smallest absolute Gasteiger partial charge is 0.255 e. The van der Waals surface area contributed by atoms with Crippen LogP contribution in [0.5, 0.6) is 0 Å². The quantitative estimate of drug-likeness (QED) is 0.658. The lowest BCUT2D eigenvalue weighted by Gasteiger charge is -2.38. The van der Waals surface area contributed by atoms with Crippen LogP contribution < -0.4 is 0 Å². The second-order valence-corrected chi connectivity index (χ2v) is 8.14. The Kier molecular flexibility index (Phi) is 6.33. The van der Waals surface area contributed by atoms with Crippen molar-refractivity contribution in [1.82, 2.24) is 14.7 Å².